The summed E-state index contributed by atoms with van der Waals surface area (Å²) in [4.78, 5) is 0. The molecule has 3 fully saturated rings. The molecule has 0 radical (unpaired) electrons. The van der Waals surface area contributed by atoms with Gasteiger partial charge >= 0.3 is 0 Å². The van der Waals surface area contributed by atoms with Crippen molar-refractivity contribution in [1.82, 2.24) is 0 Å². The lowest BCUT2D eigenvalue weighted by Crippen LogP contribution is -2.66. The molecule has 3 aliphatic heterocycles. The molecule has 0 aromatic carbocycles. The molecule has 0 saturated carbocycles. The normalized spacial score (nSPS) is 42.9. The zero-order valence-electron chi connectivity index (χ0n) is 28.2. The highest BCUT2D eigenvalue weighted by Gasteiger charge is 2.53. The molecule has 3 heterocycles. The van der Waals surface area contributed by atoms with Gasteiger partial charge in [-0.1, -0.05) is 29.4 Å². The predicted molar refractivity (Wildman–Crippen MR) is 168 cm³/mol. The summed E-state index contributed by atoms with van der Waals surface area (Å²) < 4.78 is 35.0. The van der Waals surface area contributed by atoms with E-state index in [9.17, 15) is 40.9 Å². The zero-order chi connectivity index (χ0) is 35.2. The molecule has 0 aliphatic carbocycles. The largest absolute Gasteiger partial charge is 0.394 e. The van der Waals surface area contributed by atoms with Crippen molar-refractivity contribution in [1.29, 1.82) is 0 Å². The Hall–Kier alpha value is -1.34. The maximum Gasteiger partial charge on any atom is 0.188 e. The average molecular weight is 677 g/mol. The van der Waals surface area contributed by atoms with Crippen LogP contribution in [0.5, 0.6) is 0 Å². The fourth-order valence-corrected chi connectivity index (χ4v) is 5.81. The highest BCUT2D eigenvalue weighted by atomic mass is 16.8. The molecule has 14 heteroatoms. The van der Waals surface area contributed by atoms with Gasteiger partial charge in [-0.3, -0.25) is 0 Å². The van der Waals surface area contributed by atoms with Gasteiger partial charge in [-0.15, -0.1) is 6.58 Å². The van der Waals surface area contributed by atoms with Crippen molar-refractivity contribution in [2.75, 3.05) is 6.61 Å². The second-order valence-corrected chi connectivity index (χ2v) is 13.3. The van der Waals surface area contributed by atoms with Crippen molar-refractivity contribution < 1.29 is 69.3 Å². The number of rotatable bonds is 14. The van der Waals surface area contributed by atoms with Crippen molar-refractivity contribution in [3.05, 3.63) is 36.0 Å². The summed E-state index contributed by atoms with van der Waals surface area (Å²) in [6.07, 6.45) is -12.6. The number of hydrogen-bond donors (Lipinski definition) is 8. The molecule has 16 atom stereocenters. The zero-order valence-corrected chi connectivity index (χ0v) is 28.2. The van der Waals surface area contributed by atoms with Gasteiger partial charge in [0.2, 0.25) is 0 Å². The highest BCUT2D eigenvalue weighted by Crippen LogP contribution is 2.34. The number of hydrogen-bond acceptors (Lipinski definition) is 14. The van der Waals surface area contributed by atoms with Crippen molar-refractivity contribution in [3.63, 3.8) is 0 Å². The quantitative estimate of drug-likeness (QED) is 0.113. The van der Waals surface area contributed by atoms with E-state index in [1.165, 1.54) is 25.0 Å². The molecule has 47 heavy (non-hydrogen) atoms. The molecule has 0 aromatic heterocycles. The summed E-state index contributed by atoms with van der Waals surface area (Å²) in [5.41, 5.74) is 1.48. The van der Waals surface area contributed by atoms with E-state index in [0.29, 0.717) is 12.8 Å². The van der Waals surface area contributed by atoms with Gasteiger partial charge in [0.1, 0.15) is 61.0 Å². The molecule has 0 spiro atoms. The Morgan fingerprint density at radius 1 is 0.702 bits per heavy atom. The monoisotopic (exact) mass is 676 g/mol. The Morgan fingerprint density at radius 3 is 1.87 bits per heavy atom. The summed E-state index contributed by atoms with van der Waals surface area (Å²) in [5, 5.41) is 84.0. The van der Waals surface area contributed by atoms with Gasteiger partial charge in [0.15, 0.2) is 18.9 Å². The first kappa shape index (κ1) is 40.1. The Bertz CT molecular complexity index is 1050. The molecule has 3 aliphatic rings. The molecular weight excluding hydrogens is 620 g/mol. The van der Waals surface area contributed by atoms with Crippen LogP contribution < -0.4 is 0 Å². The topological polar surface area (TPSA) is 217 Å². The fourth-order valence-electron chi connectivity index (χ4n) is 5.81. The van der Waals surface area contributed by atoms with Crippen LogP contribution in [0.15, 0.2) is 36.0 Å². The van der Waals surface area contributed by atoms with Crippen molar-refractivity contribution in [3.8, 4) is 0 Å². The molecule has 0 aromatic rings. The predicted octanol–water partition coefficient (Wildman–Crippen LogP) is -0.0759. The van der Waals surface area contributed by atoms with Crippen LogP contribution in [0.1, 0.15) is 67.2 Å². The smallest absolute Gasteiger partial charge is 0.188 e. The van der Waals surface area contributed by atoms with Crippen LogP contribution in [-0.2, 0) is 28.4 Å². The molecule has 16 unspecified atom stereocenters. The third-order valence-corrected chi connectivity index (χ3v) is 9.03. The summed E-state index contributed by atoms with van der Waals surface area (Å²) in [5.74, 6) is 0. The highest BCUT2D eigenvalue weighted by molar-refractivity contribution is 5.05. The second-order valence-electron chi connectivity index (χ2n) is 13.3. The third-order valence-electron chi connectivity index (χ3n) is 9.03. The fraction of sp³-hybridized carbons (Fsp3) is 0.818. The number of aliphatic hydroxyl groups excluding tert-OH is 8. The Labute approximate surface area is 276 Å². The van der Waals surface area contributed by atoms with E-state index in [1.54, 1.807) is 13.0 Å². The van der Waals surface area contributed by atoms with E-state index >= 15 is 0 Å². The maximum atomic E-state index is 11.1. The van der Waals surface area contributed by atoms with Gasteiger partial charge in [-0.25, -0.2) is 0 Å². The minimum atomic E-state index is -1.77. The summed E-state index contributed by atoms with van der Waals surface area (Å²) >= 11 is 0. The first-order chi connectivity index (χ1) is 22.0. The van der Waals surface area contributed by atoms with E-state index in [0.717, 1.165) is 12.8 Å². The lowest BCUT2D eigenvalue weighted by Gasteiger charge is -2.48. The second kappa shape index (κ2) is 17.5. The van der Waals surface area contributed by atoms with Gasteiger partial charge in [0, 0.05) is 0 Å². The molecule has 3 rings (SSSR count). The van der Waals surface area contributed by atoms with E-state index in [-0.39, 0.29) is 0 Å². The van der Waals surface area contributed by atoms with Gasteiger partial charge < -0.3 is 69.3 Å². The van der Waals surface area contributed by atoms with Gasteiger partial charge in [0.25, 0.3) is 0 Å². The molecule has 3 saturated heterocycles. The number of aliphatic hydroxyl groups is 8. The lowest BCUT2D eigenvalue weighted by atomic mass is 9.95. The maximum absolute atomic E-state index is 11.1. The first-order valence-corrected chi connectivity index (χ1v) is 16.3. The van der Waals surface area contributed by atoms with Crippen LogP contribution in [0.3, 0.4) is 0 Å². The molecule has 14 nitrogen and oxygen atoms in total. The van der Waals surface area contributed by atoms with Crippen LogP contribution in [0.25, 0.3) is 0 Å². The van der Waals surface area contributed by atoms with E-state index < -0.39 is 104 Å². The van der Waals surface area contributed by atoms with E-state index in [4.69, 9.17) is 28.4 Å². The van der Waals surface area contributed by atoms with Crippen LogP contribution in [-0.4, -0.2) is 145 Å². The lowest BCUT2D eigenvalue weighted by molar-refractivity contribution is -0.385. The summed E-state index contributed by atoms with van der Waals surface area (Å²) in [7, 11) is 0. The van der Waals surface area contributed by atoms with Gasteiger partial charge in [0.05, 0.1) is 24.4 Å². The molecular formula is C33H56O14. The number of ether oxygens (including phenoxy) is 6. The van der Waals surface area contributed by atoms with E-state index in [2.05, 4.69) is 39.5 Å². The summed E-state index contributed by atoms with van der Waals surface area (Å²) in [6.45, 7) is 14.2. The van der Waals surface area contributed by atoms with Crippen molar-refractivity contribution in [2.24, 2.45) is 0 Å². The Morgan fingerprint density at radius 2 is 1.28 bits per heavy atom. The minimum Gasteiger partial charge on any atom is -0.394 e. The molecule has 8 N–H and O–H groups in total. The number of allylic oxidation sites excluding steroid dienone is 4. The minimum absolute atomic E-state index is 0.474. The Balaban J connectivity index is 1.72. The van der Waals surface area contributed by atoms with Gasteiger partial charge in [-0.05, 0) is 67.2 Å². The van der Waals surface area contributed by atoms with Crippen molar-refractivity contribution in [2.45, 2.75) is 165 Å². The Kier molecular flexibility index (Phi) is 15.0. The van der Waals surface area contributed by atoms with Crippen LogP contribution >= 0.6 is 0 Å². The summed E-state index contributed by atoms with van der Waals surface area (Å²) in [6, 6.07) is 0. The van der Waals surface area contributed by atoms with Gasteiger partial charge in [-0.2, -0.15) is 0 Å². The molecule has 272 valence electrons. The molecule has 0 amide bonds. The SMILES string of the molecule is C=CC(C)(CCC=C(C)CCC=C(C)C)OC1OC(CO)C(O)C(O)C1OC1OC(C)C(OC2OC(C)C(O)C(O)C2O)C(O)C1O. The average Bonchev–Trinajstić information content (AvgIpc) is 3.02. The standard InChI is InChI=1S/C33H56O14/c1-8-33(7,14-10-13-17(4)12-9-11-16(2)3)47-32-29(24(38)22(36)20(15-34)44-32)46-31-27(41)25(39)28(19(6)43-31)45-30-26(40)23(37)21(35)18(5)42-30/h8,11,13,18-32,34-41H,1,9-10,12,14-15H2,2-7H3. The van der Waals surface area contributed by atoms with Crippen LogP contribution in [0, 0.1) is 0 Å². The molecule has 0 bridgehead atoms. The van der Waals surface area contributed by atoms with Crippen LogP contribution in [0.2, 0.25) is 0 Å². The van der Waals surface area contributed by atoms with Crippen LogP contribution in [0.4, 0.5) is 0 Å². The third kappa shape index (κ3) is 10.1. The van der Waals surface area contributed by atoms with E-state index in [1.807, 2.05) is 0 Å². The van der Waals surface area contributed by atoms with Crippen molar-refractivity contribution >= 4 is 0 Å². The first-order valence-electron chi connectivity index (χ1n) is 16.3.